The average Bonchev–Trinajstić information content (AvgIpc) is 3.07. The number of aromatic nitrogens is 3. The van der Waals surface area contributed by atoms with Crippen molar-refractivity contribution in [3.8, 4) is 0 Å². The van der Waals surface area contributed by atoms with Crippen molar-refractivity contribution in [3.05, 3.63) is 12.2 Å². The Hall–Kier alpha value is -0.570. The summed E-state index contributed by atoms with van der Waals surface area (Å²) in [6, 6.07) is 0.652. The highest BCUT2D eigenvalue weighted by Gasteiger charge is 2.43. The summed E-state index contributed by atoms with van der Waals surface area (Å²) in [5, 5.41) is 8.02. The number of rotatable bonds is 4. The van der Waals surface area contributed by atoms with Crippen LogP contribution in [0.1, 0.15) is 37.5 Å². The molecule has 0 bridgehead atoms. The van der Waals surface area contributed by atoms with E-state index in [1.54, 1.807) is 0 Å². The molecule has 1 heterocycles. The highest BCUT2D eigenvalue weighted by molar-refractivity contribution is 6.16. The molecule has 0 unspecified atom stereocenters. The van der Waals surface area contributed by atoms with E-state index >= 15 is 0 Å². The van der Waals surface area contributed by atoms with E-state index in [0.29, 0.717) is 11.9 Å². The predicted octanol–water partition coefficient (Wildman–Crippen LogP) is 2.38. The van der Waals surface area contributed by atoms with Crippen molar-refractivity contribution < 1.29 is 0 Å². The summed E-state index contributed by atoms with van der Waals surface area (Å²) in [5.74, 6) is 3.17. The van der Waals surface area contributed by atoms with Crippen LogP contribution in [0, 0.1) is 11.8 Å². The molecule has 0 radical (unpaired) electrons. The van der Waals surface area contributed by atoms with Crippen LogP contribution in [0.25, 0.3) is 0 Å². The molecule has 1 aromatic heterocycles. The lowest BCUT2D eigenvalue weighted by Gasteiger charge is -2.18. The first-order valence-electron chi connectivity index (χ1n) is 5.34. The molecule has 0 amide bonds. The maximum Gasteiger partial charge on any atom is 0.148 e. The van der Waals surface area contributed by atoms with Gasteiger partial charge in [0.2, 0.25) is 0 Å². The fourth-order valence-electron chi connectivity index (χ4n) is 2.33. The third kappa shape index (κ3) is 1.44. The van der Waals surface area contributed by atoms with Crippen molar-refractivity contribution in [2.75, 3.05) is 0 Å². The van der Waals surface area contributed by atoms with E-state index in [2.05, 4.69) is 14.8 Å². The fraction of sp³-hybridized carbons (Fsp3) is 0.800. The van der Waals surface area contributed by atoms with Crippen molar-refractivity contribution in [2.45, 2.75) is 37.6 Å². The molecule has 0 atom stereocenters. The number of nitrogens with zero attached hydrogens (tertiary/aromatic N) is 3. The second-order valence-corrected chi connectivity index (χ2v) is 4.72. The largest absolute Gasteiger partial charge is 0.313 e. The molecule has 2 fully saturated rings. The van der Waals surface area contributed by atoms with Crippen molar-refractivity contribution >= 4 is 11.6 Å². The third-order valence-corrected chi connectivity index (χ3v) is 3.54. The van der Waals surface area contributed by atoms with Crippen molar-refractivity contribution in [1.82, 2.24) is 14.8 Å². The highest BCUT2D eigenvalue weighted by Crippen LogP contribution is 2.52. The molecule has 4 heteroatoms. The molecule has 0 aliphatic heterocycles. The van der Waals surface area contributed by atoms with Gasteiger partial charge in [0.15, 0.2) is 0 Å². The molecule has 0 saturated heterocycles. The normalized spacial score (nSPS) is 21.9. The summed E-state index contributed by atoms with van der Waals surface area (Å²) in [6.07, 6.45) is 7.36. The zero-order valence-corrected chi connectivity index (χ0v) is 8.82. The smallest absolute Gasteiger partial charge is 0.148 e. The molecule has 14 heavy (non-hydrogen) atoms. The molecule has 3 rings (SSSR count). The van der Waals surface area contributed by atoms with Gasteiger partial charge in [-0.15, -0.1) is 21.8 Å². The minimum Gasteiger partial charge on any atom is -0.313 e. The van der Waals surface area contributed by atoms with Crippen LogP contribution in [-0.4, -0.2) is 14.8 Å². The summed E-state index contributed by atoms with van der Waals surface area (Å²) >= 11 is 5.84. The van der Waals surface area contributed by atoms with E-state index < -0.39 is 0 Å². The van der Waals surface area contributed by atoms with Crippen LogP contribution in [0.4, 0.5) is 0 Å². The molecule has 2 saturated carbocycles. The molecule has 0 aromatic carbocycles. The Morgan fingerprint density at radius 1 is 1.36 bits per heavy atom. The zero-order chi connectivity index (χ0) is 9.54. The van der Waals surface area contributed by atoms with E-state index in [1.807, 2.05) is 6.33 Å². The van der Waals surface area contributed by atoms with Gasteiger partial charge in [0, 0.05) is 6.04 Å². The van der Waals surface area contributed by atoms with E-state index in [1.165, 1.54) is 25.7 Å². The second-order valence-electron chi connectivity index (χ2n) is 4.45. The maximum absolute atomic E-state index is 5.84. The number of alkyl halides is 1. The van der Waals surface area contributed by atoms with Gasteiger partial charge >= 0.3 is 0 Å². The monoisotopic (exact) mass is 211 g/mol. The van der Waals surface area contributed by atoms with Crippen LogP contribution >= 0.6 is 11.6 Å². The third-order valence-electron chi connectivity index (χ3n) is 3.30. The Bertz CT molecular complexity index is 316. The van der Waals surface area contributed by atoms with Gasteiger partial charge in [-0.1, -0.05) is 0 Å². The zero-order valence-electron chi connectivity index (χ0n) is 8.06. The Morgan fingerprint density at radius 2 is 2.00 bits per heavy atom. The Labute approximate surface area is 88.5 Å². The van der Waals surface area contributed by atoms with E-state index in [-0.39, 0.29) is 0 Å². The Morgan fingerprint density at radius 3 is 2.50 bits per heavy atom. The summed E-state index contributed by atoms with van der Waals surface area (Å²) in [5.41, 5.74) is 0. The standard InChI is InChI=1S/C10H14ClN3/c11-5-9-13-12-6-14(9)10(7-1-2-7)8-3-4-8/h6-8,10H,1-5H2. The first kappa shape index (κ1) is 8.72. The lowest BCUT2D eigenvalue weighted by atomic mass is 10.1. The van der Waals surface area contributed by atoms with Gasteiger partial charge in [-0.2, -0.15) is 0 Å². The lowest BCUT2D eigenvalue weighted by Crippen LogP contribution is -2.15. The minimum absolute atomic E-state index is 0.482. The number of halogens is 1. The molecule has 0 N–H and O–H groups in total. The van der Waals surface area contributed by atoms with Crippen LogP contribution in [0.2, 0.25) is 0 Å². The molecule has 3 nitrogen and oxygen atoms in total. The minimum atomic E-state index is 0.482. The SMILES string of the molecule is ClCc1nncn1C(C1CC1)C1CC1. The van der Waals surface area contributed by atoms with Crippen molar-refractivity contribution in [3.63, 3.8) is 0 Å². The van der Waals surface area contributed by atoms with Crippen LogP contribution in [0.3, 0.4) is 0 Å². The van der Waals surface area contributed by atoms with Gasteiger partial charge in [0.25, 0.3) is 0 Å². The van der Waals surface area contributed by atoms with Crippen molar-refractivity contribution in [2.24, 2.45) is 11.8 Å². The van der Waals surface area contributed by atoms with Gasteiger partial charge in [-0.05, 0) is 37.5 Å². The lowest BCUT2D eigenvalue weighted by molar-refractivity contribution is 0.386. The molecule has 2 aliphatic rings. The van der Waals surface area contributed by atoms with Gasteiger partial charge in [0.05, 0.1) is 5.88 Å². The van der Waals surface area contributed by atoms with Gasteiger partial charge in [-0.3, -0.25) is 0 Å². The van der Waals surface area contributed by atoms with Crippen LogP contribution in [0.5, 0.6) is 0 Å². The highest BCUT2D eigenvalue weighted by atomic mass is 35.5. The Balaban J connectivity index is 1.89. The quantitative estimate of drug-likeness (QED) is 0.716. The summed E-state index contributed by atoms with van der Waals surface area (Å²) < 4.78 is 2.22. The summed E-state index contributed by atoms with van der Waals surface area (Å²) in [6.45, 7) is 0. The van der Waals surface area contributed by atoms with Gasteiger partial charge in [-0.25, -0.2) is 0 Å². The van der Waals surface area contributed by atoms with Crippen LogP contribution in [0.15, 0.2) is 6.33 Å². The molecular formula is C10H14ClN3. The number of hydrogen-bond donors (Lipinski definition) is 0. The van der Waals surface area contributed by atoms with E-state index in [0.717, 1.165) is 17.7 Å². The topological polar surface area (TPSA) is 30.7 Å². The molecular weight excluding hydrogens is 198 g/mol. The molecule has 2 aliphatic carbocycles. The fourth-order valence-corrected chi connectivity index (χ4v) is 2.52. The summed E-state index contributed by atoms with van der Waals surface area (Å²) in [7, 11) is 0. The van der Waals surface area contributed by atoms with E-state index in [9.17, 15) is 0 Å². The molecule has 76 valence electrons. The molecule has 1 aromatic rings. The second kappa shape index (κ2) is 3.23. The first-order chi connectivity index (χ1) is 6.90. The number of hydrogen-bond acceptors (Lipinski definition) is 2. The first-order valence-corrected chi connectivity index (χ1v) is 5.88. The van der Waals surface area contributed by atoms with E-state index in [4.69, 9.17) is 11.6 Å². The van der Waals surface area contributed by atoms with Crippen LogP contribution < -0.4 is 0 Å². The van der Waals surface area contributed by atoms with Gasteiger partial charge < -0.3 is 4.57 Å². The van der Waals surface area contributed by atoms with Crippen LogP contribution in [-0.2, 0) is 5.88 Å². The summed E-state index contributed by atoms with van der Waals surface area (Å²) in [4.78, 5) is 0. The molecule has 0 spiro atoms. The Kier molecular flexibility index (Phi) is 2.01. The maximum atomic E-state index is 5.84. The van der Waals surface area contributed by atoms with Gasteiger partial charge in [0.1, 0.15) is 12.2 Å². The average molecular weight is 212 g/mol. The predicted molar refractivity (Wildman–Crippen MR) is 54.1 cm³/mol. The van der Waals surface area contributed by atoms with Crippen molar-refractivity contribution in [1.29, 1.82) is 0 Å².